The van der Waals surface area contributed by atoms with Gasteiger partial charge in [0.1, 0.15) is 18.1 Å². The molecule has 1 aliphatic rings. The predicted octanol–water partition coefficient (Wildman–Crippen LogP) is 5.62. The van der Waals surface area contributed by atoms with Gasteiger partial charge in [-0.3, -0.25) is 9.59 Å². The molecule has 1 N–H and O–H groups in total. The van der Waals surface area contributed by atoms with Gasteiger partial charge < -0.3 is 19.4 Å². The van der Waals surface area contributed by atoms with Gasteiger partial charge >= 0.3 is 0 Å². The maximum Gasteiger partial charge on any atom is 0.287 e. The molecule has 0 radical (unpaired) electrons. The summed E-state index contributed by atoms with van der Waals surface area (Å²) < 4.78 is 11.7. The topological polar surface area (TPSA) is 71.8 Å². The van der Waals surface area contributed by atoms with Crippen molar-refractivity contribution < 1.29 is 18.7 Å². The molecule has 4 aromatic rings. The van der Waals surface area contributed by atoms with Crippen molar-refractivity contribution in [3.63, 3.8) is 0 Å². The minimum atomic E-state index is -0.295. The molecule has 0 aliphatic carbocycles. The van der Waals surface area contributed by atoms with E-state index in [9.17, 15) is 9.59 Å². The van der Waals surface area contributed by atoms with Gasteiger partial charge in [-0.2, -0.15) is 0 Å². The van der Waals surface area contributed by atoms with Gasteiger partial charge in [0.2, 0.25) is 0 Å². The Labute approximate surface area is 213 Å². The number of amides is 2. The van der Waals surface area contributed by atoms with Crippen LogP contribution < -0.4 is 10.1 Å². The lowest BCUT2D eigenvalue weighted by Gasteiger charge is -2.37. The van der Waals surface area contributed by atoms with E-state index >= 15 is 0 Å². The summed E-state index contributed by atoms with van der Waals surface area (Å²) in [6.07, 6.45) is 2.39. The van der Waals surface area contributed by atoms with Gasteiger partial charge in [-0.15, -0.1) is 17.9 Å². The number of rotatable bonds is 8. The predicted molar refractivity (Wildman–Crippen MR) is 139 cm³/mol. The lowest BCUT2D eigenvalue weighted by atomic mass is 9.88. The monoisotopic (exact) mass is 498 g/mol. The second kappa shape index (κ2) is 10.7. The third-order valence-electron chi connectivity index (χ3n) is 6.13. The number of carbonyl (C=O) groups is 2. The Bertz CT molecular complexity index is 1360. The molecule has 1 aliphatic heterocycles. The Morgan fingerprint density at radius 3 is 2.75 bits per heavy atom. The highest BCUT2D eigenvalue weighted by Crippen LogP contribution is 2.38. The Morgan fingerprint density at radius 1 is 1.11 bits per heavy atom. The summed E-state index contributed by atoms with van der Waals surface area (Å²) in [6, 6.07) is 23.1. The van der Waals surface area contributed by atoms with Crippen LogP contribution in [0.2, 0.25) is 0 Å². The third-order valence-corrected chi connectivity index (χ3v) is 6.99. The standard InChI is InChI=1S/C29H26N2O4S/c1-2-15-30-28(32)25-13-12-23(35-25)19-34-22-11-10-20-14-16-31(29(33)26-9-6-17-36-26)27(24(20)18-22)21-7-4-3-5-8-21/h2-13,17-18,27H,1,14-16,19H2,(H,30,32). The van der Waals surface area contributed by atoms with Gasteiger partial charge in [0.05, 0.1) is 10.9 Å². The average molecular weight is 499 g/mol. The van der Waals surface area contributed by atoms with Gasteiger partial charge in [-0.25, -0.2) is 0 Å². The first-order valence-corrected chi connectivity index (χ1v) is 12.6. The molecule has 0 fully saturated rings. The second-order valence-corrected chi connectivity index (χ2v) is 9.40. The summed E-state index contributed by atoms with van der Waals surface area (Å²) in [7, 11) is 0. The van der Waals surface area contributed by atoms with Gasteiger partial charge in [0, 0.05) is 13.1 Å². The normalized spacial score (nSPS) is 14.7. The van der Waals surface area contributed by atoms with Crippen LogP contribution in [0.5, 0.6) is 5.75 Å². The van der Waals surface area contributed by atoms with E-state index in [1.165, 1.54) is 16.9 Å². The number of thiophene rings is 1. The van der Waals surface area contributed by atoms with E-state index in [0.29, 0.717) is 24.6 Å². The first-order valence-electron chi connectivity index (χ1n) is 11.8. The van der Waals surface area contributed by atoms with Crippen LogP contribution in [-0.4, -0.2) is 29.8 Å². The van der Waals surface area contributed by atoms with Crippen LogP contribution in [0.4, 0.5) is 0 Å². The summed E-state index contributed by atoms with van der Waals surface area (Å²) in [4.78, 5) is 28.2. The van der Waals surface area contributed by atoms with Crippen LogP contribution in [0.1, 0.15) is 48.7 Å². The molecule has 0 saturated carbocycles. The minimum absolute atomic E-state index is 0.0358. The van der Waals surface area contributed by atoms with Gasteiger partial charge in [0.15, 0.2) is 5.76 Å². The largest absolute Gasteiger partial charge is 0.486 e. The third kappa shape index (κ3) is 4.97. The number of benzene rings is 2. The van der Waals surface area contributed by atoms with Crippen molar-refractivity contribution in [2.45, 2.75) is 19.1 Å². The molecule has 6 nitrogen and oxygen atoms in total. The van der Waals surface area contributed by atoms with Gasteiger partial charge in [0.25, 0.3) is 11.8 Å². The summed E-state index contributed by atoms with van der Waals surface area (Å²) >= 11 is 1.46. The number of nitrogens with one attached hydrogen (secondary N) is 1. The molecule has 7 heteroatoms. The Kier molecular flexibility index (Phi) is 7.00. The van der Waals surface area contributed by atoms with E-state index in [0.717, 1.165) is 22.4 Å². The van der Waals surface area contributed by atoms with Crippen molar-refractivity contribution in [2.75, 3.05) is 13.1 Å². The van der Waals surface area contributed by atoms with Crippen molar-refractivity contribution in [2.24, 2.45) is 0 Å². The van der Waals surface area contributed by atoms with E-state index in [-0.39, 0.29) is 30.2 Å². The maximum absolute atomic E-state index is 13.4. The highest BCUT2D eigenvalue weighted by atomic mass is 32.1. The zero-order valence-corrected chi connectivity index (χ0v) is 20.5. The lowest BCUT2D eigenvalue weighted by molar-refractivity contribution is 0.0699. The quantitative estimate of drug-likeness (QED) is 0.320. The van der Waals surface area contributed by atoms with Crippen LogP contribution in [0.15, 0.2) is 95.2 Å². The molecular formula is C29H26N2O4S. The van der Waals surface area contributed by atoms with Crippen LogP contribution >= 0.6 is 11.3 Å². The second-order valence-electron chi connectivity index (χ2n) is 8.45. The fourth-order valence-corrected chi connectivity index (χ4v) is 5.10. The van der Waals surface area contributed by atoms with Crippen LogP contribution in [0, 0.1) is 0 Å². The first-order chi connectivity index (χ1) is 17.6. The summed E-state index contributed by atoms with van der Waals surface area (Å²) in [5.41, 5.74) is 3.31. The molecule has 1 unspecified atom stereocenters. The van der Waals surface area contributed by atoms with Crippen molar-refractivity contribution in [3.8, 4) is 5.75 Å². The molecule has 2 aromatic carbocycles. The summed E-state index contributed by atoms with van der Waals surface area (Å²) in [6.45, 7) is 4.79. The molecule has 182 valence electrons. The number of hydrogen-bond donors (Lipinski definition) is 1. The highest BCUT2D eigenvalue weighted by Gasteiger charge is 2.33. The van der Waals surface area contributed by atoms with Gasteiger partial charge in [-0.05, 0) is 58.8 Å². The molecule has 5 rings (SSSR count). The highest BCUT2D eigenvalue weighted by molar-refractivity contribution is 7.12. The van der Waals surface area contributed by atoms with Crippen molar-refractivity contribution in [1.29, 1.82) is 0 Å². The van der Waals surface area contributed by atoms with E-state index in [1.807, 2.05) is 52.7 Å². The molecule has 0 spiro atoms. The molecule has 1 atom stereocenters. The molecular weight excluding hydrogens is 472 g/mol. The summed E-state index contributed by atoms with van der Waals surface area (Å²) in [5.74, 6) is 1.19. The first kappa shape index (κ1) is 23.6. The van der Waals surface area contributed by atoms with Crippen LogP contribution in [0.3, 0.4) is 0 Å². The number of ether oxygens (including phenoxy) is 1. The lowest BCUT2D eigenvalue weighted by Crippen LogP contribution is -2.40. The number of fused-ring (bicyclic) bond motifs is 1. The molecule has 3 heterocycles. The van der Waals surface area contributed by atoms with Crippen molar-refractivity contribution in [3.05, 3.63) is 124 Å². The van der Waals surface area contributed by atoms with E-state index < -0.39 is 0 Å². The van der Waals surface area contributed by atoms with Crippen LogP contribution in [0.25, 0.3) is 0 Å². The Morgan fingerprint density at radius 2 is 1.97 bits per heavy atom. The smallest absolute Gasteiger partial charge is 0.287 e. The number of carbonyl (C=O) groups excluding carboxylic acids is 2. The SMILES string of the molecule is C=CCNC(=O)c1ccc(COc2ccc3c(c2)C(c2ccccc2)N(C(=O)c2cccs2)CC3)o1. The molecule has 0 saturated heterocycles. The number of furan rings is 1. The minimum Gasteiger partial charge on any atom is -0.486 e. The Hall–Kier alpha value is -4.10. The molecule has 36 heavy (non-hydrogen) atoms. The fraction of sp³-hybridized carbons (Fsp3) is 0.172. The number of hydrogen-bond acceptors (Lipinski definition) is 5. The zero-order chi connectivity index (χ0) is 24.9. The average Bonchev–Trinajstić information content (AvgIpc) is 3.63. The van der Waals surface area contributed by atoms with E-state index in [1.54, 1.807) is 18.2 Å². The summed E-state index contributed by atoms with van der Waals surface area (Å²) in [5, 5.41) is 4.62. The maximum atomic E-state index is 13.4. The fourth-order valence-electron chi connectivity index (χ4n) is 4.42. The van der Waals surface area contributed by atoms with Crippen LogP contribution in [-0.2, 0) is 13.0 Å². The van der Waals surface area contributed by atoms with Crippen molar-refractivity contribution in [1.82, 2.24) is 10.2 Å². The van der Waals surface area contributed by atoms with E-state index in [4.69, 9.17) is 9.15 Å². The Balaban J connectivity index is 1.39. The molecule has 0 bridgehead atoms. The van der Waals surface area contributed by atoms with Crippen molar-refractivity contribution >= 4 is 23.2 Å². The van der Waals surface area contributed by atoms with E-state index in [2.05, 4.69) is 30.1 Å². The number of nitrogens with zero attached hydrogens (tertiary/aromatic N) is 1. The zero-order valence-electron chi connectivity index (χ0n) is 19.7. The van der Waals surface area contributed by atoms with Gasteiger partial charge in [-0.1, -0.05) is 48.5 Å². The molecule has 2 aromatic heterocycles. The molecule has 2 amide bonds.